The Hall–Kier alpha value is -2.08. The van der Waals surface area contributed by atoms with E-state index in [-0.39, 0.29) is 6.42 Å². The van der Waals surface area contributed by atoms with Crippen molar-refractivity contribution >= 4 is 17.0 Å². The summed E-state index contributed by atoms with van der Waals surface area (Å²) >= 11 is 0. The molecule has 0 radical (unpaired) electrons. The van der Waals surface area contributed by atoms with E-state index in [1.54, 1.807) is 18.2 Å². The van der Waals surface area contributed by atoms with E-state index >= 15 is 0 Å². The molecule has 84 valence electrons. The monoisotopic (exact) mass is 221 g/mol. The molecule has 2 aromatic rings. The number of aromatic nitrogens is 1. The summed E-state index contributed by atoms with van der Waals surface area (Å²) in [5.74, 6) is -0.982. The van der Waals surface area contributed by atoms with Crippen molar-refractivity contribution in [2.24, 2.45) is 11.5 Å². The molecule has 0 aliphatic heterocycles. The second-order valence-electron chi connectivity index (χ2n) is 3.55. The molecule has 1 heterocycles. The summed E-state index contributed by atoms with van der Waals surface area (Å²) in [5.41, 5.74) is 12.6. The van der Waals surface area contributed by atoms with Crippen LogP contribution in [0.15, 0.2) is 27.4 Å². The molecule has 1 aromatic heterocycles. The van der Waals surface area contributed by atoms with Crippen molar-refractivity contribution < 1.29 is 9.21 Å². The molecule has 0 bridgehead atoms. The Morgan fingerprint density at radius 2 is 2.25 bits per heavy atom. The van der Waals surface area contributed by atoms with E-state index in [0.717, 1.165) is 5.56 Å². The Labute approximate surface area is 90.2 Å². The van der Waals surface area contributed by atoms with Crippen LogP contribution in [0.1, 0.15) is 18.0 Å². The maximum absolute atomic E-state index is 10.9. The lowest BCUT2D eigenvalue weighted by Gasteiger charge is -2.08. The summed E-state index contributed by atoms with van der Waals surface area (Å²) in [5, 5.41) is 0. The van der Waals surface area contributed by atoms with Crippen molar-refractivity contribution in [3.8, 4) is 0 Å². The first-order valence-electron chi connectivity index (χ1n) is 4.73. The van der Waals surface area contributed by atoms with Gasteiger partial charge in [0.1, 0.15) is 0 Å². The molecule has 16 heavy (non-hydrogen) atoms. The lowest BCUT2D eigenvalue weighted by Crippen LogP contribution is -2.20. The third-order valence-corrected chi connectivity index (χ3v) is 2.29. The molecule has 0 fully saturated rings. The number of benzene rings is 1. The van der Waals surface area contributed by atoms with Crippen LogP contribution in [0, 0.1) is 0 Å². The molecule has 0 saturated heterocycles. The topological polar surface area (TPSA) is 115 Å². The van der Waals surface area contributed by atoms with Crippen LogP contribution in [-0.4, -0.2) is 10.9 Å². The first-order valence-corrected chi connectivity index (χ1v) is 4.73. The van der Waals surface area contributed by atoms with Gasteiger partial charge in [-0.3, -0.25) is 9.78 Å². The van der Waals surface area contributed by atoms with Crippen LogP contribution in [0.25, 0.3) is 11.1 Å². The van der Waals surface area contributed by atoms with Gasteiger partial charge in [0.05, 0.1) is 5.52 Å². The first-order chi connectivity index (χ1) is 7.56. The minimum absolute atomic E-state index is 0.0631. The molecule has 5 N–H and O–H groups in total. The number of amides is 1. The van der Waals surface area contributed by atoms with Crippen LogP contribution in [0.5, 0.6) is 0 Å². The number of oxazole rings is 1. The van der Waals surface area contributed by atoms with Crippen molar-refractivity contribution in [2.75, 3.05) is 0 Å². The molecule has 0 aliphatic rings. The number of nitrogens with two attached hydrogens (primary N) is 2. The average molecular weight is 221 g/mol. The Balaban J connectivity index is 2.38. The van der Waals surface area contributed by atoms with E-state index in [1.807, 2.05) is 0 Å². The van der Waals surface area contributed by atoms with Gasteiger partial charge in [-0.25, -0.2) is 4.79 Å². The maximum Gasteiger partial charge on any atom is 0.417 e. The normalized spacial score (nSPS) is 12.8. The zero-order valence-corrected chi connectivity index (χ0v) is 8.40. The van der Waals surface area contributed by atoms with Gasteiger partial charge in [-0.05, 0) is 17.7 Å². The molecule has 1 atom stereocenters. The van der Waals surface area contributed by atoms with E-state index in [0.29, 0.717) is 11.1 Å². The molecular weight excluding hydrogens is 210 g/mol. The van der Waals surface area contributed by atoms with Crippen molar-refractivity contribution in [3.05, 3.63) is 34.3 Å². The molecular formula is C10H11N3O3. The second-order valence-corrected chi connectivity index (χ2v) is 3.55. The molecule has 6 nitrogen and oxygen atoms in total. The number of hydrogen-bond acceptors (Lipinski definition) is 4. The summed E-state index contributed by atoms with van der Waals surface area (Å²) in [7, 11) is 0. The molecule has 6 heteroatoms. The summed E-state index contributed by atoms with van der Waals surface area (Å²) in [6, 6.07) is 4.53. The Morgan fingerprint density at radius 1 is 1.50 bits per heavy atom. The third-order valence-electron chi connectivity index (χ3n) is 2.29. The van der Waals surface area contributed by atoms with Crippen LogP contribution in [0.3, 0.4) is 0 Å². The molecule has 0 saturated carbocycles. The summed E-state index contributed by atoms with van der Waals surface area (Å²) in [6.07, 6.45) is 0.0631. The highest BCUT2D eigenvalue weighted by Gasteiger charge is 2.11. The smallest absolute Gasteiger partial charge is 0.408 e. The SMILES string of the molecule is NC(=O)CC(N)c1ccc2oc(=O)[nH]c2c1. The highest BCUT2D eigenvalue weighted by Crippen LogP contribution is 2.18. The van der Waals surface area contributed by atoms with E-state index in [9.17, 15) is 9.59 Å². The quantitative estimate of drug-likeness (QED) is 0.676. The first kappa shape index (κ1) is 10.4. The van der Waals surface area contributed by atoms with Gasteiger partial charge in [-0.15, -0.1) is 0 Å². The molecule has 2 rings (SSSR count). The zero-order chi connectivity index (χ0) is 11.7. The maximum atomic E-state index is 10.9. The number of hydrogen-bond donors (Lipinski definition) is 3. The fraction of sp³-hybridized carbons (Fsp3) is 0.200. The van der Waals surface area contributed by atoms with Crippen molar-refractivity contribution in [1.29, 1.82) is 0 Å². The minimum atomic E-state index is -0.518. The van der Waals surface area contributed by atoms with Gasteiger partial charge < -0.3 is 15.9 Å². The molecule has 0 spiro atoms. The van der Waals surface area contributed by atoms with Crippen LogP contribution in [-0.2, 0) is 4.79 Å². The Kier molecular flexibility index (Phi) is 2.49. The third kappa shape index (κ3) is 1.96. The highest BCUT2D eigenvalue weighted by atomic mass is 16.4. The predicted octanol–water partition coefficient (Wildman–Crippen LogP) is -0.00370. The van der Waals surface area contributed by atoms with Crippen LogP contribution in [0.4, 0.5) is 0 Å². The molecule has 1 unspecified atom stereocenters. The number of rotatable bonds is 3. The van der Waals surface area contributed by atoms with E-state index in [4.69, 9.17) is 15.9 Å². The lowest BCUT2D eigenvalue weighted by atomic mass is 10.0. The van der Waals surface area contributed by atoms with Crippen molar-refractivity contribution in [2.45, 2.75) is 12.5 Å². The Bertz CT molecular complexity index is 584. The molecule has 1 amide bonds. The van der Waals surface area contributed by atoms with Crippen LogP contribution >= 0.6 is 0 Å². The largest absolute Gasteiger partial charge is 0.417 e. The summed E-state index contributed by atoms with van der Waals surface area (Å²) in [6.45, 7) is 0. The van der Waals surface area contributed by atoms with Crippen molar-refractivity contribution in [3.63, 3.8) is 0 Å². The van der Waals surface area contributed by atoms with Gasteiger partial charge in [0, 0.05) is 12.5 Å². The fourth-order valence-corrected chi connectivity index (χ4v) is 1.53. The Morgan fingerprint density at radius 3 is 2.94 bits per heavy atom. The predicted molar refractivity (Wildman–Crippen MR) is 57.6 cm³/mol. The van der Waals surface area contributed by atoms with Gasteiger partial charge in [-0.1, -0.05) is 6.07 Å². The number of nitrogens with one attached hydrogen (secondary N) is 1. The molecule has 1 aromatic carbocycles. The summed E-state index contributed by atoms with van der Waals surface area (Å²) in [4.78, 5) is 24.1. The number of H-pyrrole nitrogens is 1. The number of primary amides is 1. The van der Waals surface area contributed by atoms with E-state index < -0.39 is 17.7 Å². The zero-order valence-electron chi connectivity index (χ0n) is 8.40. The van der Waals surface area contributed by atoms with Gasteiger partial charge in [0.15, 0.2) is 5.58 Å². The van der Waals surface area contributed by atoms with E-state index in [2.05, 4.69) is 4.98 Å². The van der Waals surface area contributed by atoms with Gasteiger partial charge in [0.2, 0.25) is 5.91 Å². The van der Waals surface area contributed by atoms with Gasteiger partial charge in [0.25, 0.3) is 0 Å². The van der Waals surface area contributed by atoms with Crippen LogP contribution in [0.2, 0.25) is 0 Å². The fourth-order valence-electron chi connectivity index (χ4n) is 1.53. The van der Waals surface area contributed by atoms with Gasteiger partial charge in [-0.2, -0.15) is 0 Å². The number of fused-ring (bicyclic) bond motifs is 1. The number of carbonyl (C=O) groups excluding carboxylic acids is 1. The van der Waals surface area contributed by atoms with Crippen molar-refractivity contribution in [1.82, 2.24) is 4.98 Å². The van der Waals surface area contributed by atoms with E-state index in [1.165, 1.54) is 0 Å². The van der Waals surface area contributed by atoms with Crippen LogP contribution < -0.4 is 17.2 Å². The lowest BCUT2D eigenvalue weighted by molar-refractivity contribution is -0.118. The minimum Gasteiger partial charge on any atom is -0.408 e. The second kappa shape index (κ2) is 3.82. The number of aromatic amines is 1. The standard InChI is InChI=1S/C10H11N3O3/c11-6(4-9(12)14)5-1-2-8-7(3-5)13-10(15)16-8/h1-3,6H,4,11H2,(H2,12,14)(H,13,15). The van der Waals surface area contributed by atoms with Gasteiger partial charge >= 0.3 is 5.76 Å². The number of carbonyl (C=O) groups is 1. The average Bonchev–Trinajstić information content (AvgIpc) is 2.55. The summed E-state index contributed by atoms with van der Waals surface area (Å²) < 4.78 is 4.84. The highest BCUT2D eigenvalue weighted by molar-refractivity contribution is 5.76. The molecule has 0 aliphatic carbocycles.